The highest BCUT2D eigenvalue weighted by Gasteiger charge is 2.19. The third kappa shape index (κ3) is 2.92. The van der Waals surface area contributed by atoms with E-state index in [1.807, 2.05) is 0 Å². The molecule has 0 aliphatic heterocycles. The molecular formula is C10H14FNO2S. The van der Waals surface area contributed by atoms with Gasteiger partial charge in [0.05, 0.1) is 6.10 Å². The van der Waals surface area contributed by atoms with Crippen LogP contribution in [0.2, 0.25) is 0 Å². The Morgan fingerprint density at radius 2 is 2.07 bits per heavy atom. The maximum absolute atomic E-state index is 12.9. The van der Waals surface area contributed by atoms with Gasteiger partial charge in [-0.05, 0) is 23.3 Å². The second kappa shape index (κ2) is 5.46. The molecule has 5 heteroatoms. The van der Waals surface area contributed by atoms with E-state index in [2.05, 4.69) is 12.6 Å². The van der Waals surface area contributed by atoms with Crippen molar-refractivity contribution < 1.29 is 14.6 Å². The van der Waals surface area contributed by atoms with E-state index >= 15 is 0 Å². The zero-order chi connectivity index (χ0) is 11.4. The van der Waals surface area contributed by atoms with Crippen molar-refractivity contribution in [2.45, 2.75) is 18.8 Å². The summed E-state index contributed by atoms with van der Waals surface area (Å²) in [6.45, 7) is 0.115. The molecule has 0 heterocycles. The van der Waals surface area contributed by atoms with Crippen molar-refractivity contribution in [3.05, 3.63) is 35.1 Å². The lowest BCUT2D eigenvalue weighted by molar-refractivity contribution is 0.0331. The molecule has 0 aliphatic carbocycles. The monoisotopic (exact) mass is 231 g/mol. The summed E-state index contributed by atoms with van der Waals surface area (Å²) in [5, 5.41) is 19.1. The molecule has 1 rings (SSSR count). The van der Waals surface area contributed by atoms with Gasteiger partial charge in [-0.2, -0.15) is 12.6 Å². The van der Waals surface area contributed by atoms with E-state index in [1.165, 1.54) is 18.2 Å². The Hall–Kier alpha value is -0.620. The van der Waals surface area contributed by atoms with Crippen LogP contribution >= 0.6 is 12.6 Å². The molecule has 1 aromatic rings. The van der Waals surface area contributed by atoms with Crippen molar-refractivity contribution in [3.8, 4) is 0 Å². The van der Waals surface area contributed by atoms with Gasteiger partial charge in [-0.1, -0.05) is 6.07 Å². The first-order valence-corrected chi connectivity index (χ1v) is 5.18. The lowest BCUT2D eigenvalue weighted by atomic mass is 9.99. The third-order valence-electron chi connectivity index (χ3n) is 2.20. The first-order chi connectivity index (χ1) is 7.10. The molecule has 0 spiro atoms. The molecule has 0 fully saturated rings. The highest BCUT2D eigenvalue weighted by Crippen LogP contribution is 2.22. The molecule has 0 amide bonds. The molecule has 0 saturated carbocycles. The first-order valence-electron chi connectivity index (χ1n) is 4.55. The van der Waals surface area contributed by atoms with Gasteiger partial charge >= 0.3 is 0 Å². The Morgan fingerprint density at radius 3 is 2.60 bits per heavy atom. The fourth-order valence-electron chi connectivity index (χ4n) is 1.35. The predicted molar refractivity (Wildman–Crippen MR) is 59.1 cm³/mol. The topological polar surface area (TPSA) is 66.5 Å². The fraction of sp³-hybridized carbons (Fsp3) is 0.400. The van der Waals surface area contributed by atoms with Crippen LogP contribution in [0.4, 0.5) is 4.39 Å². The van der Waals surface area contributed by atoms with Crippen molar-refractivity contribution in [1.29, 1.82) is 0 Å². The van der Waals surface area contributed by atoms with Gasteiger partial charge in [-0.3, -0.25) is 0 Å². The molecule has 3 nitrogen and oxygen atoms in total. The number of aliphatic hydroxyl groups is 2. The minimum absolute atomic E-state index is 0.115. The average Bonchev–Trinajstić information content (AvgIpc) is 2.26. The fourth-order valence-corrected chi connectivity index (χ4v) is 1.55. The first kappa shape index (κ1) is 12.4. The van der Waals surface area contributed by atoms with Gasteiger partial charge in [0, 0.05) is 12.3 Å². The largest absolute Gasteiger partial charge is 0.389 e. The van der Waals surface area contributed by atoms with E-state index in [0.29, 0.717) is 11.1 Å². The highest BCUT2D eigenvalue weighted by atomic mass is 32.1. The second-order valence-corrected chi connectivity index (χ2v) is 3.61. The van der Waals surface area contributed by atoms with Crippen LogP contribution in [0, 0.1) is 5.82 Å². The Labute approximate surface area is 93.1 Å². The number of thiol groups is 1. The minimum atomic E-state index is -1.08. The van der Waals surface area contributed by atoms with Crippen LogP contribution in [0.1, 0.15) is 17.2 Å². The maximum Gasteiger partial charge on any atom is 0.123 e. The predicted octanol–water partition coefficient (Wildman–Crippen LogP) is 0.608. The summed E-state index contributed by atoms with van der Waals surface area (Å²) < 4.78 is 12.9. The Kier molecular flexibility index (Phi) is 4.53. The van der Waals surface area contributed by atoms with Gasteiger partial charge in [0.1, 0.15) is 11.9 Å². The van der Waals surface area contributed by atoms with Gasteiger partial charge in [0.15, 0.2) is 0 Å². The molecule has 1 aromatic carbocycles. The molecule has 4 N–H and O–H groups in total. The molecule has 0 bridgehead atoms. The van der Waals surface area contributed by atoms with E-state index in [0.717, 1.165) is 0 Å². The van der Waals surface area contributed by atoms with Gasteiger partial charge in [0.2, 0.25) is 0 Å². The van der Waals surface area contributed by atoms with Crippen LogP contribution in [0.3, 0.4) is 0 Å². The van der Waals surface area contributed by atoms with Gasteiger partial charge < -0.3 is 15.9 Å². The number of hydrogen-bond acceptors (Lipinski definition) is 4. The molecule has 2 atom stereocenters. The van der Waals surface area contributed by atoms with Crippen LogP contribution in [-0.4, -0.2) is 22.1 Å². The minimum Gasteiger partial charge on any atom is -0.389 e. The Balaban J connectivity index is 3.02. The molecule has 0 saturated heterocycles. The maximum atomic E-state index is 12.9. The molecular weight excluding hydrogens is 217 g/mol. The van der Waals surface area contributed by atoms with Gasteiger partial charge in [-0.25, -0.2) is 4.39 Å². The number of hydrogen-bond donors (Lipinski definition) is 4. The number of aliphatic hydroxyl groups excluding tert-OH is 2. The average molecular weight is 231 g/mol. The zero-order valence-corrected chi connectivity index (χ0v) is 8.99. The van der Waals surface area contributed by atoms with Crippen LogP contribution in [0.25, 0.3) is 0 Å². The number of halogens is 1. The SMILES string of the molecule is NCc1cc(F)ccc1C(O)C(O)CS. The molecule has 0 aromatic heterocycles. The van der Waals surface area contributed by atoms with Crippen molar-refractivity contribution in [1.82, 2.24) is 0 Å². The van der Waals surface area contributed by atoms with E-state index in [9.17, 15) is 14.6 Å². The summed E-state index contributed by atoms with van der Waals surface area (Å²) in [6, 6.07) is 3.90. The van der Waals surface area contributed by atoms with E-state index in [1.54, 1.807) is 0 Å². The standard InChI is InChI=1S/C10H14FNO2S/c11-7-1-2-8(6(3-7)4-12)10(14)9(13)5-15/h1-3,9-10,13-15H,4-5,12H2. The molecule has 0 radical (unpaired) electrons. The number of benzene rings is 1. The lowest BCUT2D eigenvalue weighted by Crippen LogP contribution is -2.21. The van der Waals surface area contributed by atoms with E-state index < -0.39 is 18.0 Å². The van der Waals surface area contributed by atoms with Crippen molar-refractivity contribution in [2.24, 2.45) is 5.73 Å². The smallest absolute Gasteiger partial charge is 0.123 e. The van der Waals surface area contributed by atoms with Crippen LogP contribution in [-0.2, 0) is 6.54 Å². The Morgan fingerprint density at radius 1 is 1.40 bits per heavy atom. The van der Waals surface area contributed by atoms with Gasteiger partial charge in [0.25, 0.3) is 0 Å². The van der Waals surface area contributed by atoms with Crippen molar-refractivity contribution in [2.75, 3.05) is 5.75 Å². The third-order valence-corrected chi connectivity index (χ3v) is 2.57. The second-order valence-electron chi connectivity index (χ2n) is 3.24. The number of rotatable bonds is 4. The zero-order valence-electron chi connectivity index (χ0n) is 8.10. The molecule has 84 valence electrons. The molecule has 2 unspecified atom stereocenters. The van der Waals surface area contributed by atoms with Crippen molar-refractivity contribution in [3.63, 3.8) is 0 Å². The quantitative estimate of drug-likeness (QED) is 0.574. The van der Waals surface area contributed by atoms with Crippen LogP contribution < -0.4 is 5.73 Å². The van der Waals surface area contributed by atoms with E-state index in [-0.39, 0.29) is 12.3 Å². The van der Waals surface area contributed by atoms with Gasteiger partial charge in [-0.15, -0.1) is 0 Å². The summed E-state index contributed by atoms with van der Waals surface area (Å²) in [5.41, 5.74) is 6.35. The van der Waals surface area contributed by atoms with Crippen LogP contribution in [0.15, 0.2) is 18.2 Å². The molecule has 0 aliphatic rings. The summed E-state index contributed by atoms with van der Waals surface area (Å²) in [7, 11) is 0. The van der Waals surface area contributed by atoms with E-state index in [4.69, 9.17) is 5.73 Å². The molecule has 15 heavy (non-hydrogen) atoms. The summed E-state index contributed by atoms with van der Waals surface area (Å²) >= 11 is 3.87. The summed E-state index contributed by atoms with van der Waals surface area (Å²) in [5.74, 6) is -0.283. The summed E-state index contributed by atoms with van der Waals surface area (Å²) in [6.07, 6.45) is -2.06. The Bertz CT molecular complexity index is 335. The lowest BCUT2D eigenvalue weighted by Gasteiger charge is -2.18. The van der Waals surface area contributed by atoms with Crippen molar-refractivity contribution >= 4 is 12.6 Å². The summed E-state index contributed by atoms with van der Waals surface area (Å²) in [4.78, 5) is 0. The normalized spacial score (nSPS) is 15.0. The number of nitrogens with two attached hydrogens (primary N) is 1. The highest BCUT2D eigenvalue weighted by molar-refractivity contribution is 7.80. The van der Waals surface area contributed by atoms with Crippen LogP contribution in [0.5, 0.6) is 0 Å².